The Labute approximate surface area is 107 Å². The van der Waals surface area contributed by atoms with Gasteiger partial charge in [-0.2, -0.15) is 0 Å². The minimum atomic E-state index is -0.573. The Kier molecular flexibility index (Phi) is 2.88. The Hall–Kier alpha value is -0.775. The lowest BCUT2D eigenvalue weighted by Gasteiger charge is -2.32. The number of rotatable bonds is 1. The molecule has 4 nitrogen and oxygen atoms in total. The van der Waals surface area contributed by atoms with Crippen molar-refractivity contribution in [3.8, 4) is 0 Å². The van der Waals surface area contributed by atoms with E-state index in [0.29, 0.717) is 16.4 Å². The van der Waals surface area contributed by atoms with Gasteiger partial charge in [0.15, 0.2) is 0 Å². The first kappa shape index (κ1) is 12.7. The summed E-state index contributed by atoms with van der Waals surface area (Å²) in [7, 11) is -0.573. The molecule has 1 saturated heterocycles. The normalized spacial score (nSPS) is 21.8. The second kappa shape index (κ2) is 3.87. The largest absolute Gasteiger partial charge is 0.516 e. The molecule has 6 heteroatoms. The number of nitrogens with zero attached hydrogens (tertiary/aromatic N) is 1. The summed E-state index contributed by atoms with van der Waals surface area (Å²) in [6, 6.07) is 3.35. The van der Waals surface area contributed by atoms with Gasteiger partial charge in [-0.3, -0.25) is 0 Å². The van der Waals surface area contributed by atoms with Crippen LogP contribution in [0.3, 0.4) is 0 Å². The molecular formula is C11H16BClN2O2. The van der Waals surface area contributed by atoms with Crippen molar-refractivity contribution in [3.63, 3.8) is 0 Å². The molecule has 0 bridgehead atoms. The summed E-state index contributed by atoms with van der Waals surface area (Å²) in [5.74, 6) is 0.402. The predicted molar refractivity (Wildman–Crippen MR) is 69.4 cm³/mol. The van der Waals surface area contributed by atoms with Gasteiger partial charge in [-0.05, 0) is 39.8 Å². The van der Waals surface area contributed by atoms with E-state index in [0.717, 1.165) is 0 Å². The summed E-state index contributed by atoms with van der Waals surface area (Å²) in [6.07, 6.45) is 0. The fraction of sp³-hybridized carbons (Fsp3) is 0.545. The lowest BCUT2D eigenvalue weighted by molar-refractivity contribution is 0.00578. The van der Waals surface area contributed by atoms with Crippen molar-refractivity contribution < 1.29 is 9.31 Å². The third kappa shape index (κ3) is 2.15. The van der Waals surface area contributed by atoms with Gasteiger partial charge >= 0.3 is 7.12 Å². The molecule has 1 fully saturated rings. The van der Waals surface area contributed by atoms with Gasteiger partial charge in [0.1, 0.15) is 5.82 Å². The molecule has 92 valence electrons. The third-order valence-electron chi connectivity index (χ3n) is 3.37. The van der Waals surface area contributed by atoms with Gasteiger partial charge in [0, 0.05) is 0 Å². The number of nitrogen functional groups attached to an aromatic ring is 1. The smallest absolute Gasteiger partial charge is 0.398 e. The molecule has 1 aliphatic heterocycles. The number of hydrogen-bond donors (Lipinski definition) is 1. The summed E-state index contributed by atoms with van der Waals surface area (Å²) in [4.78, 5) is 4.18. The quantitative estimate of drug-likeness (QED) is 0.774. The average molecular weight is 255 g/mol. The number of anilines is 1. The Morgan fingerprint density at radius 3 is 2.24 bits per heavy atom. The van der Waals surface area contributed by atoms with E-state index in [9.17, 15) is 0 Å². The molecule has 0 saturated carbocycles. The highest BCUT2D eigenvalue weighted by molar-refractivity contribution is 6.64. The summed E-state index contributed by atoms with van der Waals surface area (Å²) in [6.45, 7) is 7.92. The molecular weight excluding hydrogens is 238 g/mol. The van der Waals surface area contributed by atoms with Gasteiger partial charge in [0.2, 0.25) is 0 Å². The molecule has 1 aromatic rings. The maximum atomic E-state index is 6.08. The molecule has 0 spiro atoms. The second-order valence-corrected chi connectivity index (χ2v) is 5.60. The minimum absolute atomic E-state index is 0.402. The van der Waals surface area contributed by atoms with E-state index >= 15 is 0 Å². The monoisotopic (exact) mass is 254 g/mol. The fourth-order valence-electron chi connectivity index (χ4n) is 1.59. The first-order chi connectivity index (χ1) is 7.73. The van der Waals surface area contributed by atoms with Crippen molar-refractivity contribution in [2.75, 3.05) is 5.73 Å². The van der Waals surface area contributed by atoms with Gasteiger partial charge in [-0.1, -0.05) is 11.6 Å². The molecule has 2 heterocycles. The molecule has 2 N–H and O–H groups in total. The van der Waals surface area contributed by atoms with Crippen molar-refractivity contribution in [2.24, 2.45) is 0 Å². The highest BCUT2D eigenvalue weighted by Gasteiger charge is 2.52. The topological polar surface area (TPSA) is 57.4 Å². The van der Waals surface area contributed by atoms with Crippen LogP contribution in [0.5, 0.6) is 0 Å². The molecule has 17 heavy (non-hydrogen) atoms. The van der Waals surface area contributed by atoms with Crippen molar-refractivity contribution in [2.45, 2.75) is 38.9 Å². The lowest BCUT2D eigenvalue weighted by Crippen LogP contribution is -2.41. The predicted octanol–water partition coefficient (Wildman–Crippen LogP) is 1.62. The van der Waals surface area contributed by atoms with Gasteiger partial charge < -0.3 is 15.0 Å². The van der Waals surface area contributed by atoms with Crippen LogP contribution in [0.15, 0.2) is 12.1 Å². The number of halogens is 1. The van der Waals surface area contributed by atoms with E-state index < -0.39 is 18.3 Å². The molecule has 1 aliphatic rings. The molecule has 2 rings (SSSR count). The van der Waals surface area contributed by atoms with Crippen LogP contribution in [0.4, 0.5) is 5.82 Å². The highest BCUT2D eigenvalue weighted by atomic mass is 35.5. The van der Waals surface area contributed by atoms with Crippen molar-refractivity contribution >= 4 is 30.1 Å². The standard InChI is InChI=1S/C11H16BClN2O2/c1-10(2)11(3,4)17-12(16-10)9-7(13)5-6-8(14)15-9/h5-6H,1-4H3,(H2,14,15). The van der Waals surface area contributed by atoms with Crippen LogP contribution in [-0.2, 0) is 9.31 Å². The van der Waals surface area contributed by atoms with Crippen LogP contribution >= 0.6 is 11.6 Å². The van der Waals surface area contributed by atoms with E-state index in [1.165, 1.54) is 0 Å². The van der Waals surface area contributed by atoms with Crippen LogP contribution in [0.1, 0.15) is 27.7 Å². The van der Waals surface area contributed by atoms with Crippen LogP contribution in [-0.4, -0.2) is 23.3 Å². The van der Waals surface area contributed by atoms with E-state index in [4.69, 9.17) is 26.6 Å². The van der Waals surface area contributed by atoms with Crippen LogP contribution < -0.4 is 11.3 Å². The van der Waals surface area contributed by atoms with Crippen molar-refractivity contribution in [1.29, 1.82) is 0 Å². The number of nitrogens with two attached hydrogens (primary N) is 1. The lowest BCUT2D eigenvalue weighted by atomic mass is 9.84. The zero-order valence-corrected chi connectivity index (χ0v) is 11.2. The molecule has 0 amide bonds. The Balaban J connectivity index is 2.35. The molecule has 0 aliphatic carbocycles. The van der Waals surface area contributed by atoms with Crippen LogP contribution in [0, 0.1) is 0 Å². The van der Waals surface area contributed by atoms with E-state index in [1.807, 2.05) is 27.7 Å². The van der Waals surface area contributed by atoms with Crippen LogP contribution in [0.25, 0.3) is 0 Å². The average Bonchev–Trinajstić information content (AvgIpc) is 2.40. The molecule has 0 atom stereocenters. The third-order valence-corrected chi connectivity index (χ3v) is 3.69. The van der Waals surface area contributed by atoms with Gasteiger partial charge in [-0.25, -0.2) is 4.98 Å². The highest BCUT2D eigenvalue weighted by Crippen LogP contribution is 2.36. The number of hydrogen-bond acceptors (Lipinski definition) is 4. The Morgan fingerprint density at radius 2 is 1.71 bits per heavy atom. The van der Waals surface area contributed by atoms with E-state index in [2.05, 4.69) is 4.98 Å². The van der Waals surface area contributed by atoms with E-state index in [-0.39, 0.29) is 0 Å². The Morgan fingerprint density at radius 1 is 1.18 bits per heavy atom. The molecule has 0 radical (unpaired) electrons. The fourth-order valence-corrected chi connectivity index (χ4v) is 1.79. The van der Waals surface area contributed by atoms with Gasteiger partial charge in [0.05, 0.1) is 21.8 Å². The zero-order valence-electron chi connectivity index (χ0n) is 10.5. The maximum absolute atomic E-state index is 6.08. The summed E-state index contributed by atoms with van der Waals surface area (Å²) >= 11 is 6.08. The summed E-state index contributed by atoms with van der Waals surface area (Å²) in [5.41, 5.74) is 5.36. The van der Waals surface area contributed by atoms with Gasteiger partial charge in [0.25, 0.3) is 0 Å². The first-order valence-corrected chi connectivity index (χ1v) is 5.88. The minimum Gasteiger partial charge on any atom is -0.398 e. The zero-order chi connectivity index (χ0) is 12.8. The molecule has 0 aromatic carbocycles. The maximum Gasteiger partial charge on any atom is 0.516 e. The van der Waals surface area contributed by atoms with E-state index in [1.54, 1.807) is 12.1 Å². The summed E-state index contributed by atoms with van der Waals surface area (Å²) < 4.78 is 11.7. The molecule has 1 aromatic heterocycles. The second-order valence-electron chi connectivity index (χ2n) is 5.19. The number of pyridine rings is 1. The summed E-state index contributed by atoms with van der Waals surface area (Å²) in [5, 5.41) is 0.498. The van der Waals surface area contributed by atoms with Crippen LogP contribution in [0.2, 0.25) is 5.02 Å². The first-order valence-electron chi connectivity index (χ1n) is 5.50. The van der Waals surface area contributed by atoms with Gasteiger partial charge in [-0.15, -0.1) is 0 Å². The van der Waals surface area contributed by atoms with Crippen molar-refractivity contribution in [3.05, 3.63) is 17.2 Å². The number of aromatic nitrogens is 1. The van der Waals surface area contributed by atoms with Crippen molar-refractivity contribution in [1.82, 2.24) is 4.98 Å². The molecule has 0 unspecified atom stereocenters. The SMILES string of the molecule is CC1(C)OB(c2nc(N)ccc2Cl)OC1(C)C. The Bertz CT molecular complexity index is 435.